The highest BCUT2D eigenvalue weighted by Crippen LogP contribution is 2.14. The Morgan fingerprint density at radius 3 is 1.88 bits per heavy atom. The first-order chi connectivity index (χ1) is 11.4. The maximum atomic E-state index is 4.87. The second-order valence-corrected chi connectivity index (χ2v) is 5.58. The fraction of sp³-hybridized carbons (Fsp3) is 0.591. The second kappa shape index (κ2) is 19.6. The van der Waals surface area contributed by atoms with Gasteiger partial charge in [0.1, 0.15) is 0 Å². The average Bonchev–Trinajstić information content (AvgIpc) is 2.53. The molecule has 0 aliphatic carbocycles. The van der Waals surface area contributed by atoms with Crippen molar-refractivity contribution in [2.45, 2.75) is 67.9 Å². The largest absolute Gasteiger partial charge is 0.307 e. The fourth-order valence-corrected chi connectivity index (χ4v) is 1.97. The molecule has 0 heterocycles. The van der Waals surface area contributed by atoms with Crippen LogP contribution in [0.5, 0.6) is 0 Å². The van der Waals surface area contributed by atoms with Gasteiger partial charge in [-0.3, -0.25) is 4.99 Å². The predicted octanol–water partition coefficient (Wildman–Crippen LogP) is 6.47. The summed E-state index contributed by atoms with van der Waals surface area (Å²) in [7, 11) is 4.17. The normalized spacial score (nSPS) is 13.9. The highest BCUT2D eigenvalue weighted by molar-refractivity contribution is 6.10. The van der Waals surface area contributed by atoms with E-state index in [-0.39, 0.29) is 0 Å². The van der Waals surface area contributed by atoms with Gasteiger partial charge in [-0.2, -0.15) is 0 Å². The van der Waals surface area contributed by atoms with E-state index in [9.17, 15) is 0 Å². The third-order valence-electron chi connectivity index (χ3n) is 2.91. The molecule has 0 fully saturated rings. The lowest BCUT2D eigenvalue weighted by molar-refractivity contribution is 0.384. The van der Waals surface area contributed by atoms with E-state index in [0.717, 1.165) is 18.7 Å². The lowest BCUT2D eigenvalue weighted by Gasteiger charge is -2.16. The topological polar surface area (TPSA) is 15.6 Å². The average molecular weight is 335 g/mol. The molecule has 0 bridgehead atoms. The van der Waals surface area contributed by atoms with Gasteiger partial charge in [0.15, 0.2) is 0 Å². The Bertz CT molecular complexity index is 410. The van der Waals surface area contributed by atoms with Crippen molar-refractivity contribution in [1.82, 2.24) is 4.90 Å². The number of hydrogen-bond donors (Lipinski definition) is 0. The van der Waals surface area contributed by atoms with Crippen LogP contribution in [0.2, 0.25) is 0 Å². The van der Waals surface area contributed by atoms with Gasteiger partial charge in [-0.25, -0.2) is 0 Å². The molecule has 0 saturated carbocycles. The van der Waals surface area contributed by atoms with Crippen LogP contribution in [0, 0.1) is 0 Å². The molecule has 1 unspecified atom stereocenters. The molecule has 140 valence electrons. The van der Waals surface area contributed by atoms with Gasteiger partial charge in [0.25, 0.3) is 0 Å². The highest BCUT2D eigenvalue weighted by atomic mass is 15.1. The van der Waals surface area contributed by atoms with Crippen LogP contribution in [-0.2, 0) is 0 Å². The smallest absolute Gasteiger partial charge is 0.0646 e. The molecule has 24 heavy (non-hydrogen) atoms. The number of aliphatic imine (C=N–C) groups is 1. The summed E-state index contributed by atoms with van der Waals surface area (Å²) < 4.78 is 0. The molecule has 0 aliphatic heterocycles. The van der Waals surface area contributed by atoms with Gasteiger partial charge in [0, 0.05) is 6.54 Å². The van der Waals surface area contributed by atoms with Crippen molar-refractivity contribution in [3.8, 4) is 0 Å². The molecular formula is C22H42N2. The summed E-state index contributed by atoms with van der Waals surface area (Å²) >= 11 is 0. The zero-order chi connectivity index (χ0) is 19.5. The molecular weight excluding hydrogens is 292 g/mol. The van der Waals surface area contributed by atoms with E-state index in [0.29, 0.717) is 6.04 Å². The van der Waals surface area contributed by atoms with Crippen LogP contribution in [0.3, 0.4) is 0 Å². The third-order valence-corrected chi connectivity index (χ3v) is 2.91. The van der Waals surface area contributed by atoms with Crippen molar-refractivity contribution in [3.63, 3.8) is 0 Å². The molecule has 0 aromatic heterocycles. The summed E-state index contributed by atoms with van der Waals surface area (Å²) in [6.07, 6.45) is 11.2. The molecule has 0 spiro atoms. The van der Waals surface area contributed by atoms with Crippen molar-refractivity contribution in [3.05, 3.63) is 48.1 Å². The monoisotopic (exact) mass is 334 g/mol. The molecule has 0 aliphatic rings. The number of allylic oxidation sites excluding steroid dienone is 7. The van der Waals surface area contributed by atoms with E-state index in [4.69, 9.17) is 4.99 Å². The summed E-state index contributed by atoms with van der Waals surface area (Å²) in [5.74, 6) is 0. The quantitative estimate of drug-likeness (QED) is 0.296. The zero-order valence-corrected chi connectivity index (χ0v) is 18.0. The van der Waals surface area contributed by atoms with Gasteiger partial charge >= 0.3 is 0 Å². The summed E-state index contributed by atoms with van der Waals surface area (Å²) in [6, 6.07) is 0.297. The summed E-state index contributed by atoms with van der Waals surface area (Å²) in [5.41, 5.74) is 3.73. The maximum Gasteiger partial charge on any atom is 0.0646 e. The van der Waals surface area contributed by atoms with Crippen LogP contribution < -0.4 is 0 Å². The van der Waals surface area contributed by atoms with Crippen molar-refractivity contribution in [2.75, 3.05) is 20.6 Å². The van der Waals surface area contributed by atoms with Crippen LogP contribution in [-0.4, -0.2) is 37.3 Å². The van der Waals surface area contributed by atoms with Crippen LogP contribution in [0.25, 0.3) is 0 Å². The fourth-order valence-electron chi connectivity index (χ4n) is 1.97. The number of nitrogens with zero attached hydrogens (tertiary/aromatic N) is 2. The van der Waals surface area contributed by atoms with Crippen LogP contribution in [0.1, 0.15) is 61.8 Å². The Kier molecular flexibility index (Phi) is 22.4. The Morgan fingerprint density at radius 1 is 1.08 bits per heavy atom. The van der Waals surface area contributed by atoms with Crippen molar-refractivity contribution >= 4 is 5.71 Å². The second-order valence-electron chi connectivity index (χ2n) is 5.58. The lowest BCUT2D eigenvalue weighted by Crippen LogP contribution is -2.23. The minimum absolute atomic E-state index is 0.297. The van der Waals surface area contributed by atoms with E-state index >= 15 is 0 Å². The molecule has 0 N–H and O–H groups in total. The summed E-state index contributed by atoms with van der Waals surface area (Å²) in [4.78, 5) is 7.05. The standard InChI is InChI=1S/C17H30N2.C3H6.C2H6/c1-8-11-16(14(4)10-3)17(12-9-2)18-15(5)13-19(6)7;1-3-2;1-2/h8-9,11-12,15H,10,13H2,1-7H3;3H,1H2,2H3;1-2H3/b11-8-,12-9-,16-14+,18-17?;;. The Balaban J connectivity index is -0.000000786. The van der Waals surface area contributed by atoms with Gasteiger partial charge in [0.2, 0.25) is 0 Å². The highest BCUT2D eigenvalue weighted by Gasteiger charge is 2.07. The minimum Gasteiger partial charge on any atom is -0.307 e. The molecule has 0 radical (unpaired) electrons. The molecule has 2 heteroatoms. The molecule has 0 aromatic rings. The number of likely N-dealkylation sites (N-methyl/N-ethyl adjacent to an activating group) is 1. The lowest BCUT2D eigenvalue weighted by atomic mass is 10.0. The first-order valence-corrected chi connectivity index (χ1v) is 9.12. The first kappa shape index (κ1) is 27.4. The molecule has 0 rings (SSSR count). The summed E-state index contributed by atoms with van der Waals surface area (Å²) in [5, 5.41) is 0. The Morgan fingerprint density at radius 2 is 1.54 bits per heavy atom. The minimum atomic E-state index is 0.297. The molecule has 0 aromatic carbocycles. The van der Waals surface area contributed by atoms with Crippen LogP contribution in [0.4, 0.5) is 0 Å². The van der Waals surface area contributed by atoms with Crippen molar-refractivity contribution in [2.24, 2.45) is 4.99 Å². The Labute approximate surface area is 152 Å². The molecule has 0 amide bonds. The van der Waals surface area contributed by atoms with Gasteiger partial charge in [-0.15, -0.1) is 6.58 Å². The van der Waals surface area contributed by atoms with E-state index in [1.54, 1.807) is 6.08 Å². The molecule has 1 atom stereocenters. The predicted molar refractivity (Wildman–Crippen MR) is 115 cm³/mol. The van der Waals surface area contributed by atoms with E-state index in [1.807, 2.05) is 27.7 Å². The zero-order valence-electron chi connectivity index (χ0n) is 18.0. The van der Waals surface area contributed by atoms with Gasteiger partial charge in [-0.1, -0.05) is 50.6 Å². The summed E-state index contributed by atoms with van der Waals surface area (Å²) in [6.45, 7) is 20.9. The Hall–Kier alpha value is -1.41. The number of hydrogen-bond acceptors (Lipinski definition) is 2. The third kappa shape index (κ3) is 15.5. The van der Waals surface area contributed by atoms with E-state index in [2.05, 4.69) is 77.6 Å². The van der Waals surface area contributed by atoms with Gasteiger partial charge in [0.05, 0.1) is 11.8 Å². The molecule has 2 nitrogen and oxygen atoms in total. The maximum absolute atomic E-state index is 4.87. The van der Waals surface area contributed by atoms with Gasteiger partial charge in [-0.05, 0) is 66.8 Å². The van der Waals surface area contributed by atoms with Crippen LogP contribution >= 0.6 is 0 Å². The van der Waals surface area contributed by atoms with E-state index in [1.165, 1.54) is 11.1 Å². The number of rotatable bonds is 7. The first-order valence-electron chi connectivity index (χ1n) is 9.12. The van der Waals surface area contributed by atoms with Gasteiger partial charge < -0.3 is 4.90 Å². The molecule has 0 saturated heterocycles. The van der Waals surface area contributed by atoms with Crippen molar-refractivity contribution in [1.29, 1.82) is 0 Å². The van der Waals surface area contributed by atoms with E-state index < -0.39 is 0 Å². The SMILES string of the molecule is C/C=C\C(=NC(C)CN(C)C)C(/C=C\C)=C(\C)CC.C=CC.CC. The van der Waals surface area contributed by atoms with Crippen LogP contribution in [0.15, 0.2) is 53.1 Å². The van der Waals surface area contributed by atoms with Crippen molar-refractivity contribution < 1.29 is 0 Å².